The van der Waals surface area contributed by atoms with Crippen molar-refractivity contribution in [2.75, 3.05) is 13.1 Å². The highest BCUT2D eigenvalue weighted by atomic mass is 35.5. The lowest BCUT2D eigenvalue weighted by Gasteiger charge is -2.11. The molecule has 10 heteroatoms. The van der Waals surface area contributed by atoms with Gasteiger partial charge in [-0.05, 0) is 18.6 Å². The molecule has 2 heterocycles. The summed E-state index contributed by atoms with van der Waals surface area (Å²) in [5, 5.41) is 6.77. The van der Waals surface area contributed by atoms with Crippen LogP contribution in [0.5, 0.6) is 0 Å². The first-order valence-corrected chi connectivity index (χ1v) is 8.23. The van der Waals surface area contributed by atoms with Crippen molar-refractivity contribution in [2.24, 2.45) is 0 Å². The van der Waals surface area contributed by atoms with Crippen molar-refractivity contribution in [3.63, 3.8) is 0 Å². The van der Waals surface area contributed by atoms with E-state index in [-0.39, 0.29) is 37.9 Å². The van der Waals surface area contributed by atoms with E-state index in [2.05, 4.69) is 15.5 Å². The number of nitrogens with zero attached hydrogens (tertiary/aromatic N) is 3. The molecule has 1 aromatic carbocycles. The van der Waals surface area contributed by atoms with Crippen LogP contribution >= 0.6 is 11.6 Å². The van der Waals surface area contributed by atoms with Crippen molar-refractivity contribution in [2.45, 2.75) is 19.4 Å². The van der Waals surface area contributed by atoms with E-state index >= 15 is 0 Å². The van der Waals surface area contributed by atoms with Gasteiger partial charge in [0.2, 0.25) is 11.7 Å². The van der Waals surface area contributed by atoms with Crippen LogP contribution in [0.15, 0.2) is 28.8 Å². The van der Waals surface area contributed by atoms with Crippen molar-refractivity contribution < 1.29 is 23.6 Å². The minimum absolute atomic E-state index is 0.00456. The third-order valence-electron chi connectivity index (χ3n) is 3.61. The number of halogens is 1. The van der Waals surface area contributed by atoms with Crippen molar-refractivity contribution in [3.8, 4) is 11.4 Å². The number of hydrogen-bond donors (Lipinski definition) is 1. The summed E-state index contributed by atoms with van der Waals surface area (Å²) in [4.78, 5) is 39.7. The van der Waals surface area contributed by atoms with Crippen molar-refractivity contribution in [3.05, 3.63) is 35.2 Å². The molecule has 1 aromatic heterocycles. The maximum atomic E-state index is 11.7. The smallest absolute Gasteiger partial charge is 0.324 e. The zero-order chi connectivity index (χ0) is 18.5. The first kappa shape index (κ1) is 17.9. The van der Waals surface area contributed by atoms with Crippen LogP contribution in [0.1, 0.15) is 18.7 Å². The number of esters is 1. The van der Waals surface area contributed by atoms with E-state index in [1.54, 1.807) is 24.3 Å². The quantitative estimate of drug-likeness (QED) is 0.576. The average molecular weight is 379 g/mol. The second-order valence-corrected chi connectivity index (χ2v) is 5.93. The summed E-state index contributed by atoms with van der Waals surface area (Å²) in [6, 6.07) is 6.52. The van der Waals surface area contributed by atoms with Crippen LogP contribution in [-0.2, 0) is 20.9 Å². The third kappa shape index (κ3) is 4.37. The molecule has 3 rings (SSSR count). The van der Waals surface area contributed by atoms with E-state index in [4.69, 9.17) is 20.9 Å². The maximum Gasteiger partial charge on any atom is 0.324 e. The van der Waals surface area contributed by atoms with Gasteiger partial charge in [0.15, 0.2) is 6.61 Å². The van der Waals surface area contributed by atoms with Crippen LogP contribution < -0.4 is 5.32 Å². The number of carbonyl (C=O) groups excluding carboxylic acids is 3. The van der Waals surface area contributed by atoms with E-state index in [1.807, 2.05) is 0 Å². The fourth-order valence-electron chi connectivity index (χ4n) is 2.34. The second-order valence-electron chi connectivity index (χ2n) is 5.49. The highest BCUT2D eigenvalue weighted by molar-refractivity contribution is 6.30. The predicted molar refractivity (Wildman–Crippen MR) is 88.9 cm³/mol. The Morgan fingerprint density at radius 3 is 2.96 bits per heavy atom. The Morgan fingerprint density at radius 1 is 1.38 bits per heavy atom. The molecule has 1 fully saturated rings. The number of imide groups is 1. The average Bonchev–Trinajstić information content (AvgIpc) is 3.22. The first-order chi connectivity index (χ1) is 12.5. The van der Waals surface area contributed by atoms with Gasteiger partial charge < -0.3 is 14.6 Å². The van der Waals surface area contributed by atoms with E-state index in [0.717, 1.165) is 4.90 Å². The molecule has 136 valence electrons. The van der Waals surface area contributed by atoms with E-state index in [9.17, 15) is 14.4 Å². The Labute approximate surface area is 153 Å². The molecular formula is C16H15ClN4O5. The van der Waals surface area contributed by atoms with Gasteiger partial charge in [-0.3, -0.25) is 14.5 Å². The minimum Gasteiger partial charge on any atom is -0.456 e. The summed E-state index contributed by atoms with van der Waals surface area (Å²) in [5.41, 5.74) is 0.687. The summed E-state index contributed by atoms with van der Waals surface area (Å²) in [7, 11) is 0. The van der Waals surface area contributed by atoms with E-state index < -0.39 is 12.0 Å². The molecule has 9 nitrogen and oxygen atoms in total. The normalized spacial score (nSPS) is 13.8. The molecule has 0 saturated carbocycles. The van der Waals surface area contributed by atoms with Crippen LogP contribution in [0, 0.1) is 0 Å². The molecule has 0 bridgehead atoms. The van der Waals surface area contributed by atoms with E-state index in [1.165, 1.54) is 0 Å². The number of urea groups is 1. The Balaban J connectivity index is 1.43. The van der Waals surface area contributed by atoms with Gasteiger partial charge in [-0.25, -0.2) is 4.79 Å². The summed E-state index contributed by atoms with van der Waals surface area (Å²) in [6.45, 7) is 0.00414. The number of aromatic nitrogens is 2. The van der Waals surface area contributed by atoms with Gasteiger partial charge >= 0.3 is 12.0 Å². The van der Waals surface area contributed by atoms with Gasteiger partial charge in [-0.15, -0.1) is 0 Å². The largest absolute Gasteiger partial charge is 0.456 e. The van der Waals surface area contributed by atoms with Crippen LogP contribution in [0.4, 0.5) is 4.79 Å². The molecule has 2 aromatic rings. The number of benzene rings is 1. The molecule has 3 amide bonds. The van der Waals surface area contributed by atoms with Gasteiger partial charge in [0, 0.05) is 23.6 Å². The predicted octanol–water partition coefficient (Wildman–Crippen LogP) is 1.77. The van der Waals surface area contributed by atoms with Gasteiger partial charge in [0.1, 0.15) is 0 Å². The highest BCUT2D eigenvalue weighted by Crippen LogP contribution is 2.20. The Morgan fingerprint density at radius 2 is 2.23 bits per heavy atom. The SMILES string of the molecule is O=C(CCCN1C(=O)CNC1=O)OCc1nc(-c2cccc(Cl)c2)no1. The lowest BCUT2D eigenvalue weighted by Crippen LogP contribution is -2.32. The van der Waals surface area contributed by atoms with Crippen molar-refractivity contribution in [1.82, 2.24) is 20.4 Å². The molecular weight excluding hydrogens is 364 g/mol. The number of carbonyl (C=O) groups is 3. The summed E-state index contributed by atoms with van der Waals surface area (Å²) in [5.74, 6) is -0.290. The second kappa shape index (κ2) is 7.96. The molecule has 0 spiro atoms. The Hall–Kier alpha value is -2.94. The molecule has 0 atom stereocenters. The Kier molecular flexibility index (Phi) is 5.47. The Bertz CT molecular complexity index is 822. The monoisotopic (exact) mass is 378 g/mol. The van der Waals surface area contributed by atoms with Gasteiger partial charge in [0.05, 0.1) is 6.54 Å². The molecule has 1 aliphatic heterocycles. The minimum atomic E-state index is -0.487. The number of nitrogens with one attached hydrogen (secondary N) is 1. The van der Waals surface area contributed by atoms with Gasteiger partial charge in [0.25, 0.3) is 5.89 Å². The van der Waals surface area contributed by atoms with Gasteiger partial charge in [-0.2, -0.15) is 4.98 Å². The van der Waals surface area contributed by atoms with Crippen LogP contribution in [0.2, 0.25) is 5.02 Å². The molecule has 0 aliphatic carbocycles. The van der Waals surface area contributed by atoms with E-state index in [0.29, 0.717) is 22.8 Å². The number of ether oxygens (including phenoxy) is 1. The van der Waals surface area contributed by atoms with Gasteiger partial charge in [-0.1, -0.05) is 28.9 Å². The molecule has 26 heavy (non-hydrogen) atoms. The van der Waals surface area contributed by atoms with Crippen LogP contribution in [0.25, 0.3) is 11.4 Å². The topological polar surface area (TPSA) is 115 Å². The molecule has 0 unspecified atom stereocenters. The maximum absolute atomic E-state index is 11.7. The van der Waals surface area contributed by atoms with Crippen molar-refractivity contribution >= 4 is 29.5 Å². The molecule has 1 aliphatic rings. The lowest BCUT2D eigenvalue weighted by molar-refractivity contribution is -0.146. The zero-order valence-electron chi connectivity index (χ0n) is 13.6. The fourth-order valence-corrected chi connectivity index (χ4v) is 2.53. The standard InChI is InChI=1S/C16H15ClN4O5/c17-11-4-1-3-10(7-11)15-19-12(26-20-15)9-25-14(23)5-2-6-21-13(22)8-18-16(21)24/h1,3-4,7H,2,5-6,8-9H2,(H,18,24). The molecule has 0 radical (unpaired) electrons. The summed E-state index contributed by atoms with van der Waals surface area (Å²) < 4.78 is 10.1. The molecule has 1 N–H and O–H groups in total. The van der Waals surface area contributed by atoms with Crippen LogP contribution in [0.3, 0.4) is 0 Å². The first-order valence-electron chi connectivity index (χ1n) is 7.85. The highest BCUT2D eigenvalue weighted by Gasteiger charge is 2.27. The fraction of sp³-hybridized carbons (Fsp3) is 0.312. The van der Waals surface area contributed by atoms with Crippen LogP contribution in [-0.4, -0.2) is 46.0 Å². The molecule has 1 saturated heterocycles. The lowest BCUT2D eigenvalue weighted by atomic mass is 10.2. The summed E-state index contributed by atoms with van der Waals surface area (Å²) in [6.07, 6.45) is 0.377. The zero-order valence-corrected chi connectivity index (χ0v) is 14.4. The number of amides is 3. The third-order valence-corrected chi connectivity index (χ3v) is 3.84. The summed E-state index contributed by atoms with van der Waals surface area (Å²) >= 11 is 5.91. The number of hydrogen-bond acceptors (Lipinski definition) is 7. The van der Waals surface area contributed by atoms with Crippen molar-refractivity contribution in [1.29, 1.82) is 0 Å². The number of rotatable bonds is 7.